The van der Waals surface area contributed by atoms with Crippen molar-refractivity contribution in [2.75, 3.05) is 39.5 Å². The number of hydrogen-bond acceptors (Lipinski definition) is 5. The molecule has 1 fully saturated rings. The number of nitrogens with zero attached hydrogens (tertiary/aromatic N) is 2. The fourth-order valence-electron chi connectivity index (χ4n) is 2.79. The molecule has 0 saturated carbocycles. The fourth-order valence-corrected chi connectivity index (χ4v) is 2.79. The summed E-state index contributed by atoms with van der Waals surface area (Å²) in [6, 6.07) is 9.24. The molecule has 1 aliphatic rings. The summed E-state index contributed by atoms with van der Waals surface area (Å²) in [6.45, 7) is 8.08. The molecule has 1 amide bonds. The van der Waals surface area contributed by atoms with Crippen LogP contribution in [0.1, 0.15) is 19.4 Å². The molecule has 1 saturated heterocycles. The van der Waals surface area contributed by atoms with Crippen LogP contribution in [0.25, 0.3) is 0 Å². The lowest BCUT2D eigenvalue weighted by Gasteiger charge is -2.36. The number of nitrogens with one attached hydrogen (secondary N) is 1. The van der Waals surface area contributed by atoms with E-state index < -0.39 is 0 Å². The molecule has 6 nitrogen and oxygen atoms in total. The van der Waals surface area contributed by atoms with Crippen LogP contribution in [-0.2, 0) is 9.53 Å². The summed E-state index contributed by atoms with van der Waals surface area (Å²) in [5.41, 5.74) is 0.429. The van der Waals surface area contributed by atoms with Gasteiger partial charge in [0.2, 0.25) is 0 Å². The Hall–Kier alpha value is -2.10. The van der Waals surface area contributed by atoms with Crippen molar-refractivity contribution in [1.82, 2.24) is 10.2 Å². The minimum Gasteiger partial charge on any atom is -0.482 e. The predicted molar refractivity (Wildman–Crippen MR) is 90.7 cm³/mol. The van der Waals surface area contributed by atoms with Gasteiger partial charge in [0.25, 0.3) is 5.91 Å². The van der Waals surface area contributed by atoms with Gasteiger partial charge in [-0.15, -0.1) is 0 Å². The minimum atomic E-state index is -0.179. The number of carbonyl (C=O) groups excluding carboxylic acids is 1. The molecule has 0 aliphatic carbocycles. The number of amides is 1. The van der Waals surface area contributed by atoms with Crippen LogP contribution in [-0.4, -0.2) is 56.3 Å². The highest BCUT2D eigenvalue weighted by atomic mass is 16.5. The van der Waals surface area contributed by atoms with Crippen molar-refractivity contribution in [3.05, 3.63) is 29.8 Å². The van der Waals surface area contributed by atoms with E-state index in [9.17, 15) is 4.79 Å². The van der Waals surface area contributed by atoms with E-state index in [4.69, 9.17) is 14.7 Å². The van der Waals surface area contributed by atoms with Crippen molar-refractivity contribution in [3.63, 3.8) is 0 Å². The van der Waals surface area contributed by atoms with Gasteiger partial charge >= 0.3 is 0 Å². The summed E-state index contributed by atoms with van der Waals surface area (Å²) in [5.74, 6) is 0.689. The number of para-hydroxylation sites is 1. The Morgan fingerprint density at radius 1 is 1.38 bits per heavy atom. The first kappa shape index (κ1) is 18.2. The van der Waals surface area contributed by atoms with E-state index in [1.807, 2.05) is 0 Å². The topological polar surface area (TPSA) is 74.6 Å². The molecule has 0 aromatic heterocycles. The maximum absolute atomic E-state index is 12.1. The second kappa shape index (κ2) is 9.26. The van der Waals surface area contributed by atoms with Crippen LogP contribution in [0.15, 0.2) is 24.3 Å². The van der Waals surface area contributed by atoms with Crippen molar-refractivity contribution >= 4 is 5.91 Å². The third kappa shape index (κ3) is 5.22. The molecule has 1 heterocycles. The quantitative estimate of drug-likeness (QED) is 0.818. The van der Waals surface area contributed by atoms with E-state index in [0.717, 1.165) is 26.3 Å². The summed E-state index contributed by atoms with van der Waals surface area (Å²) in [7, 11) is 0. The summed E-state index contributed by atoms with van der Waals surface area (Å²) in [5, 5.41) is 12.0. The van der Waals surface area contributed by atoms with Gasteiger partial charge in [0, 0.05) is 25.7 Å². The molecular weight excluding hydrogens is 306 g/mol. The molecule has 24 heavy (non-hydrogen) atoms. The maximum Gasteiger partial charge on any atom is 0.257 e. The molecule has 0 spiro atoms. The van der Waals surface area contributed by atoms with E-state index >= 15 is 0 Å². The Bertz CT molecular complexity index is 577. The normalized spacial score (nSPS) is 16.4. The predicted octanol–water partition coefficient (Wildman–Crippen LogP) is 1.41. The minimum absolute atomic E-state index is 0.0907. The molecule has 0 unspecified atom stereocenters. The number of morpholine rings is 1. The second-order valence-electron chi connectivity index (χ2n) is 6.16. The lowest BCUT2D eigenvalue weighted by Crippen LogP contribution is -2.51. The monoisotopic (exact) mass is 331 g/mol. The van der Waals surface area contributed by atoms with Crippen molar-refractivity contribution in [2.45, 2.75) is 19.9 Å². The van der Waals surface area contributed by atoms with Crippen LogP contribution < -0.4 is 10.1 Å². The molecule has 1 N–H and O–H groups in total. The molecule has 1 aromatic rings. The molecule has 1 aliphatic heterocycles. The number of ether oxygens (including phenoxy) is 2. The van der Waals surface area contributed by atoms with Gasteiger partial charge in [0.05, 0.1) is 18.8 Å². The number of benzene rings is 1. The van der Waals surface area contributed by atoms with E-state index in [2.05, 4.69) is 30.1 Å². The number of carbonyl (C=O) groups is 1. The molecule has 0 radical (unpaired) electrons. The first-order valence-electron chi connectivity index (χ1n) is 8.32. The van der Waals surface area contributed by atoms with Gasteiger partial charge in [0.15, 0.2) is 6.61 Å². The van der Waals surface area contributed by atoms with E-state index in [1.165, 1.54) is 0 Å². The Morgan fingerprint density at radius 2 is 2.08 bits per heavy atom. The highest BCUT2D eigenvalue weighted by Crippen LogP contribution is 2.16. The van der Waals surface area contributed by atoms with E-state index in [1.54, 1.807) is 24.3 Å². The SMILES string of the molecule is CC(C)[C@@H](CNC(=O)COc1ccccc1C#N)N1CCOCC1. The lowest BCUT2D eigenvalue weighted by atomic mass is 10.0. The Morgan fingerprint density at radius 3 is 2.75 bits per heavy atom. The van der Waals surface area contributed by atoms with E-state index in [-0.39, 0.29) is 18.6 Å². The van der Waals surface area contributed by atoms with Crippen LogP contribution in [0.3, 0.4) is 0 Å². The van der Waals surface area contributed by atoms with Gasteiger partial charge in [-0.2, -0.15) is 5.26 Å². The largest absolute Gasteiger partial charge is 0.482 e. The Labute approximate surface area is 143 Å². The number of hydrogen-bond donors (Lipinski definition) is 1. The zero-order valence-corrected chi connectivity index (χ0v) is 14.3. The maximum atomic E-state index is 12.1. The fraction of sp³-hybridized carbons (Fsp3) is 0.556. The van der Waals surface area contributed by atoms with Crippen molar-refractivity contribution < 1.29 is 14.3 Å². The van der Waals surface area contributed by atoms with Gasteiger partial charge in [0.1, 0.15) is 11.8 Å². The smallest absolute Gasteiger partial charge is 0.257 e. The summed E-state index contributed by atoms with van der Waals surface area (Å²) in [6.07, 6.45) is 0. The highest BCUT2D eigenvalue weighted by molar-refractivity contribution is 5.77. The van der Waals surface area contributed by atoms with Crippen molar-refractivity contribution in [1.29, 1.82) is 5.26 Å². The summed E-state index contributed by atoms with van der Waals surface area (Å²) in [4.78, 5) is 14.4. The van der Waals surface area contributed by atoms with Gasteiger partial charge in [-0.05, 0) is 18.1 Å². The molecule has 130 valence electrons. The van der Waals surface area contributed by atoms with Crippen LogP contribution in [0, 0.1) is 17.2 Å². The molecule has 1 aromatic carbocycles. The highest BCUT2D eigenvalue weighted by Gasteiger charge is 2.24. The molecule has 6 heteroatoms. The van der Waals surface area contributed by atoms with Gasteiger partial charge < -0.3 is 14.8 Å². The molecule has 0 bridgehead atoms. The Balaban J connectivity index is 1.81. The van der Waals surface area contributed by atoms with Crippen molar-refractivity contribution in [2.24, 2.45) is 5.92 Å². The van der Waals surface area contributed by atoms with Crippen LogP contribution in [0.5, 0.6) is 5.75 Å². The second-order valence-corrected chi connectivity index (χ2v) is 6.16. The standard InChI is InChI=1S/C18H25N3O3/c1-14(2)16(21-7-9-23-10-8-21)12-20-18(22)13-24-17-6-4-3-5-15(17)11-19/h3-6,14,16H,7-10,12-13H2,1-2H3,(H,20,22)/t16-/m1/s1. The average Bonchev–Trinajstić information content (AvgIpc) is 2.61. The first-order valence-corrected chi connectivity index (χ1v) is 8.32. The van der Waals surface area contributed by atoms with Crippen LogP contribution >= 0.6 is 0 Å². The van der Waals surface area contributed by atoms with Gasteiger partial charge in [-0.3, -0.25) is 9.69 Å². The van der Waals surface area contributed by atoms with Gasteiger partial charge in [-0.1, -0.05) is 26.0 Å². The van der Waals surface area contributed by atoms with Gasteiger partial charge in [-0.25, -0.2) is 0 Å². The third-order valence-corrected chi connectivity index (χ3v) is 4.16. The lowest BCUT2D eigenvalue weighted by molar-refractivity contribution is -0.123. The van der Waals surface area contributed by atoms with E-state index in [0.29, 0.717) is 23.8 Å². The molecule has 2 rings (SSSR count). The van der Waals surface area contributed by atoms with Crippen molar-refractivity contribution in [3.8, 4) is 11.8 Å². The third-order valence-electron chi connectivity index (χ3n) is 4.16. The molecular formula is C18H25N3O3. The zero-order valence-electron chi connectivity index (χ0n) is 14.3. The zero-order chi connectivity index (χ0) is 17.4. The van der Waals surface area contributed by atoms with Crippen LogP contribution in [0.2, 0.25) is 0 Å². The average molecular weight is 331 g/mol. The molecule has 1 atom stereocenters. The summed E-state index contributed by atoms with van der Waals surface area (Å²) >= 11 is 0. The number of nitriles is 1. The summed E-state index contributed by atoms with van der Waals surface area (Å²) < 4.78 is 10.8. The number of rotatable bonds is 7. The first-order chi connectivity index (χ1) is 11.6. The van der Waals surface area contributed by atoms with Crippen LogP contribution in [0.4, 0.5) is 0 Å². The Kier molecular flexibility index (Phi) is 7.04.